The molecular weight excluding hydrogens is 362 g/mol. The van der Waals surface area contributed by atoms with Gasteiger partial charge < -0.3 is 14.6 Å². The first kappa shape index (κ1) is 17.4. The van der Waals surface area contributed by atoms with Crippen molar-refractivity contribution >= 4 is 23.2 Å². The summed E-state index contributed by atoms with van der Waals surface area (Å²) in [6, 6.07) is 16.1. The molecule has 0 saturated heterocycles. The van der Waals surface area contributed by atoms with Crippen LogP contribution in [0.2, 0.25) is 0 Å². The number of aryl methyl sites for hydroxylation is 1. The zero-order valence-corrected chi connectivity index (χ0v) is 15.4. The molecule has 136 valence electrons. The summed E-state index contributed by atoms with van der Waals surface area (Å²) in [5, 5.41) is 19.7. The minimum absolute atomic E-state index is 0.103. The minimum atomic E-state index is -0.595. The molecule has 5 nitrogen and oxygen atoms in total. The van der Waals surface area contributed by atoms with Crippen molar-refractivity contribution in [1.29, 1.82) is 0 Å². The molecule has 1 aliphatic rings. The Balaban J connectivity index is 1.82. The second-order valence-corrected chi connectivity index (χ2v) is 7.59. The molecule has 0 radical (unpaired) electrons. The SMILES string of the molecule is Cc1cc(O)c(C2=Nc3ccccc3SC2Cc2ccc(O)cc2)c(=O)o1. The molecule has 2 heterocycles. The fourth-order valence-electron chi connectivity index (χ4n) is 3.09. The molecule has 4 rings (SSSR count). The smallest absolute Gasteiger partial charge is 0.348 e. The highest BCUT2D eigenvalue weighted by Gasteiger charge is 2.30. The molecule has 1 aromatic heterocycles. The maximum atomic E-state index is 12.5. The maximum Gasteiger partial charge on any atom is 0.348 e. The second kappa shape index (κ2) is 6.96. The Hall–Kier alpha value is -2.99. The number of para-hydroxylation sites is 1. The van der Waals surface area contributed by atoms with E-state index >= 15 is 0 Å². The molecule has 0 amide bonds. The monoisotopic (exact) mass is 379 g/mol. The van der Waals surface area contributed by atoms with E-state index in [9.17, 15) is 15.0 Å². The molecule has 0 spiro atoms. The van der Waals surface area contributed by atoms with Crippen LogP contribution in [-0.2, 0) is 6.42 Å². The Kier molecular flexibility index (Phi) is 4.49. The van der Waals surface area contributed by atoms with E-state index in [4.69, 9.17) is 4.42 Å². The summed E-state index contributed by atoms with van der Waals surface area (Å²) in [6.45, 7) is 1.62. The molecule has 0 fully saturated rings. The van der Waals surface area contributed by atoms with E-state index in [2.05, 4.69) is 4.99 Å². The summed E-state index contributed by atoms with van der Waals surface area (Å²) in [5.74, 6) is 0.421. The molecule has 2 N–H and O–H groups in total. The van der Waals surface area contributed by atoms with Crippen LogP contribution in [0, 0.1) is 6.92 Å². The third-order valence-electron chi connectivity index (χ3n) is 4.35. The molecule has 27 heavy (non-hydrogen) atoms. The Morgan fingerprint density at radius 3 is 2.59 bits per heavy atom. The van der Waals surface area contributed by atoms with Crippen LogP contribution < -0.4 is 5.63 Å². The highest BCUT2D eigenvalue weighted by molar-refractivity contribution is 8.01. The molecule has 0 bridgehead atoms. The van der Waals surface area contributed by atoms with Gasteiger partial charge in [0.05, 0.1) is 16.6 Å². The molecule has 3 aromatic rings. The van der Waals surface area contributed by atoms with Crippen LogP contribution in [0.25, 0.3) is 0 Å². The van der Waals surface area contributed by atoms with E-state index in [1.165, 1.54) is 6.07 Å². The van der Waals surface area contributed by atoms with Gasteiger partial charge >= 0.3 is 5.63 Å². The predicted molar refractivity (Wildman–Crippen MR) is 105 cm³/mol. The first-order valence-corrected chi connectivity index (χ1v) is 9.35. The van der Waals surface area contributed by atoms with Crippen molar-refractivity contribution in [3.8, 4) is 11.5 Å². The van der Waals surface area contributed by atoms with E-state index in [1.54, 1.807) is 30.8 Å². The van der Waals surface area contributed by atoms with Crippen molar-refractivity contribution in [3.05, 3.63) is 81.9 Å². The number of nitrogens with zero attached hydrogens (tertiary/aromatic N) is 1. The molecule has 0 saturated carbocycles. The summed E-state index contributed by atoms with van der Waals surface area (Å²) in [5.41, 5.74) is 1.76. The number of hydrogen-bond donors (Lipinski definition) is 2. The van der Waals surface area contributed by atoms with Gasteiger partial charge in [-0.2, -0.15) is 0 Å². The van der Waals surface area contributed by atoms with Gasteiger partial charge in [0.1, 0.15) is 22.8 Å². The number of thioether (sulfide) groups is 1. The van der Waals surface area contributed by atoms with Crippen molar-refractivity contribution in [2.45, 2.75) is 23.5 Å². The number of phenols is 1. The van der Waals surface area contributed by atoms with E-state index in [1.807, 2.05) is 36.4 Å². The van der Waals surface area contributed by atoms with Gasteiger partial charge in [-0.1, -0.05) is 24.3 Å². The number of hydrogen-bond acceptors (Lipinski definition) is 6. The Bertz CT molecular complexity index is 1090. The van der Waals surface area contributed by atoms with Crippen molar-refractivity contribution in [2.24, 2.45) is 4.99 Å². The molecule has 1 aliphatic heterocycles. The number of aromatic hydroxyl groups is 2. The zero-order valence-electron chi connectivity index (χ0n) is 14.5. The lowest BCUT2D eigenvalue weighted by Crippen LogP contribution is -2.28. The van der Waals surface area contributed by atoms with Gasteiger partial charge in [-0.25, -0.2) is 4.79 Å². The number of benzene rings is 2. The van der Waals surface area contributed by atoms with Gasteiger partial charge in [0.15, 0.2) is 0 Å². The highest BCUT2D eigenvalue weighted by atomic mass is 32.2. The number of phenolic OH excluding ortho intramolecular Hbond substituents is 1. The van der Waals surface area contributed by atoms with E-state index in [-0.39, 0.29) is 22.3 Å². The average Bonchev–Trinajstić information content (AvgIpc) is 2.63. The molecule has 6 heteroatoms. The largest absolute Gasteiger partial charge is 0.508 e. The Morgan fingerprint density at radius 1 is 1.11 bits per heavy atom. The summed E-state index contributed by atoms with van der Waals surface area (Å²) in [7, 11) is 0. The lowest BCUT2D eigenvalue weighted by atomic mass is 10.0. The first-order chi connectivity index (χ1) is 13.0. The number of rotatable bonds is 3. The quantitative estimate of drug-likeness (QED) is 0.713. The predicted octanol–water partition coefficient (Wildman–Crippen LogP) is 4.20. The van der Waals surface area contributed by atoms with Crippen LogP contribution in [0.3, 0.4) is 0 Å². The van der Waals surface area contributed by atoms with Crippen molar-refractivity contribution in [2.75, 3.05) is 0 Å². The fraction of sp³-hybridized carbons (Fsp3) is 0.143. The van der Waals surface area contributed by atoms with Gasteiger partial charge in [-0.15, -0.1) is 11.8 Å². The molecule has 0 aliphatic carbocycles. The highest BCUT2D eigenvalue weighted by Crippen LogP contribution is 2.41. The van der Waals surface area contributed by atoms with Gasteiger partial charge in [-0.3, -0.25) is 4.99 Å². The lowest BCUT2D eigenvalue weighted by Gasteiger charge is -2.24. The normalized spacial score (nSPS) is 15.9. The standard InChI is InChI=1S/C21H17NO4S/c1-12-10-16(24)19(21(25)26-12)20-18(11-13-6-8-14(23)9-7-13)27-17-5-3-2-4-15(17)22-20/h2-10,18,23-24H,11H2,1H3. The van der Waals surface area contributed by atoms with Crippen molar-refractivity contribution in [3.63, 3.8) is 0 Å². The Labute approximate surface area is 160 Å². The molecule has 1 unspecified atom stereocenters. The molecule has 1 atom stereocenters. The Morgan fingerprint density at radius 2 is 1.85 bits per heavy atom. The van der Waals surface area contributed by atoms with Gasteiger partial charge in [0, 0.05) is 11.0 Å². The fourth-order valence-corrected chi connectivity index (χ4v) is 4.35. The number of aliphatic imine (C=N–C) groups is 1. The van der Waals surface area contributed by atoms with E-state index < -0.39 is 5.63 Å². The van der Waals surface area contributed by atoms with Crippen molar-refractivity contribution in [1.82, 2.24) is 0 Å². The van der Waals surface area contributed by atoms with Gasteiger partial charge in [0.25, 0.3) is 0 Å². The first-order valence-electron chi connectivity index (χ1n) is 8.47. The van der Waals surface area contributed by atoms with Crippen LogP contribution in [0.15, 0.2) is 73.7 Å². The van der Waals surface area contributed by atoms with E-state index in [0.717, 1.165) is 16.1 Å². The summed E-state index contributed by atoms with van der Waals surface area (Å²) in [6.07, 6.45) is 0.588. The van der Waals surface area contributed by atoms with Gasteiger partial charge in [0.2, 0.25) is 0 Å². The summed E-state index contributed by atoms with van der Waals surface area (Å²) >= 11 is 1.60. The number of fused-ring (bicyclic) bond motifs is 1. The van der Waals surface area contributed by atoms with Gasteiger partial charge in [-0.05, 0) is 43.2 Å². The second-order valence-electron chi connectivity index (χ2n) is 6.35. The average molecular weight is 379 g/mol. The van der Waals surface area contributed by atoms with Crippen LogP contribution in [0.1, 0.15) is 16.9 Å². The molecule has 2 aromatic carbocycles. The van der Waals surface area contributed by atoms with Crippen molar-refractivity contribution < 1.29 is 14.6 Å². The summed E-state index contributed by atoms with van der Waals surface area (Å²) in [4.78, 5) is 18.2. The van der Waals surface area contributed by atoms with Crippen LogP contribution in [0.4, 0.5) is 5.69 Å². The third kappa shape index (κ3) is 3.48. The van der Waals surface area contributed by atoms with Crippen LogP contribution in [-0.4, -0.2) is 21.2 Å². The topological polar surface area (TPSA) is 83.0 Å². The third-order valence-corrected chi connectivity index (χ3v) is 5.62. The van der Waals surface area contributed by atoms with Crippen LogP contribution >= 0.6 is 11.8 Å². The van der Waals surface area contributed by atoms with E-state index in [0.29, 0.717) is 17.9 Å². The summed E-state index contributed by atoms with van der Waals surface area (Å²) < 4.78 is 5.21. The lowest BCUT2D eigenvalue weighted by molar-refractivity contribution is 0.432. The maximum absolute atomic E-state index is 12.5. The zero-order chi connectivity index (χ0) is 19.0. The molecular formula is C21H17NO4S. The van der Waals surface area contributed by atoms with Crippen LogP contribution in [0.5, 0.6) is 11.5 Å². The minimum Gasteiger partial charge on any atom is -0.508 e.